The van der Waals surface area contributed by atoms with E-state index in [4.69, 9.17) is 0 Å². The van der Waals surface area contributed by atoms with Gasteiger partial charge in [0.05, 0.1) is 22.2 Å². The molecule has 0 saturated carbocycles. The monoisotopic (exact) mass is 301 g/mol. The Kier molecular flexibility index (Phi) is 4.15. The van der Waals surface area contributed by atoms with Crippen LogP contribution in [-0.4, -0.2) is 10.1 Å². The Bertz CT molecular complexity index is 589. The fourth-order valence-corrected chi connectivity index (χ4v) is 2.97. The maximum atomic E-state index is 12.5. The molecule has 1 atom stereocenters. The minimum Gasteiger partial charge on any atom is -0.388 e. The Labute approximate surface area is 118 Å². The number of aryl methyl sites for hydroxylation is 1. The summed E-state index contributed by atoms with van der Waals surface area (Å²) in [7, 11) is 0. The third kappa shape index (κ3) is 3.02. The van der Waals surface area contributed by atoms with Crippen molar-refractivity contribution >= 4 is 11.3 Å². The second-order valence-electron chi connectivity index (χ2n) is 4.47. The Morgan fingerprint density at radius 3 is 2.35 bits per heavy atom. The fraction of sp³-hybridized carbons (Fsp3) is 0.357. The molecular weight excluding hydrogens is 287 g/mol. The van der Waals surface area contributed by atoms with Crippen molar-refractivity contribution in [1.29, 1.82) is 0 Å². The molecule has 1 heterocycles. The van der Waals surface area contributed by atoms with Gasteiger partial charge in [-0.25, -0.2) is 4.98 Å². The van der Waals surface area contributed by atoms with Gasteiger partial charge in [-0.05, 0) is 25.5 Å². The highest BCUT2D eigenvalue weighted by Gasteiger charge is 2.30. The van der Waals surface area contributed by atoms with Crippen LogP contribution in [0.15, 0.2) is 24.3 Å². The number of hydrogen-bond acceptors (Lipinski definition) is 3. The lowest BCUT2D eigenvalue weighted by Gasteiger charge is -2.06. The van der Waals surface area contributed by atoms with Crippen LogP contribution in [0.1, 0.15) is 35.6 Å². The van der Waals surface area contributed by atoms with Crippen LogP contribution >= 0.6 is 11.3 Å². The van der Waals surface area contributed by atoms with Gasteiger partial charge in [-0.15, -0.1) is 11.3 Å². The van der Waals surface area contributed by atoms with Crippen molar-refractivity contribution in [3.05, 3.63) is 40.4 Å². The SMILES string of the molecule is CC[C@@H](O)c1sc(-c2ccc(C(F)(F)F)cc2)nc1C. The molecule has 1 aromatic carbocycles. The van der Waals surface area contributed by atoms with Crippen molar-refractivity contribution in [2.75, 3.05) is 0 Å². The van der Waals surface area contributed by atoms with Gasteiger partial charge in [-0.2, -0.15) is 13.2 Å². The largest absolute Gasteiger partial charge is 0.416 e. The van der Waals surface area contributed by atoms with Crippen LogP contribution in [0, 0.1) is 6.92 Å². The average molecular weight is 301 g/mol. The first kappa shape index (κ1) is 15.0. The van der Waals surface area contributed by atoms with E-state index in [1.807, 2.05) is 6.92 Å². The van der Waals surface area contributed by atoms with Crippen LogP contribution in [0.3, 0.4) is 0 Å². The summed E-state index contributed by atoms with van der Waals surface area (Å²) in [5, 5.41) is 10.5. The minimum atomic E-state index is -4.33. The number of aromatic nitrogens is 1. The first-order valence-electron chi connectivity index (χ1n) is 6.16. The van der Waals surface area contributed by atoms with Crippen LogP contribution in [-0.2, 0) is 6.18 Å². The molecule has 0 spiro atoms. The lowest BCUT2D eigenvalue weighted by Crippen LogP contribution is -2.03. The lowest BCUT2D eigenvalue weighted by molar-refractivity contribution is -0.137. The predicted molar refractivity (Wildman–Crippen MR) is 72.5 cm³/mol. The van der Waals surface area contributed by atoms with Crippen molar-refractivity contribution in [2.45, 2.75) is 32.5 Å². The number of rotatable bonds is 3. The maximum Gasteiger partial charge on any atom is 0.416 e. The Hall–Kier alpha value is -1.40. The molecule has 0 aliphatic heterocycles. The number of alkyl halides is 3. The van der Waals surface area contributed by atoms with Gasteiger partial charge in [0.25, 0.3) is 0 Å². The standard InChI is InChI=1S/C14H14F3NOS/c1-3-11(19)12-8(2)18-13(20-12)9-4-6-10(7-5-9)14(15,16)17/h4-7,11,19H,3H2,1-2H3/t11-/m1/s1. The quantitative estimate of drug-likeness (QED) is 0.900. The topological polar surface area (TPSA) is 33.1 Å². The van der Waals surface area contributed by atoms with Crippen LogP contribution < -0.4 is 0 Å². The number of aliphatic hydroxyl groups excluding tert-OH is 1. The smallest absolute Gasteiger partial charge is 0.388 e. The summed E-state index contributed by atoms with van der Waals surface area (Å²) >= 11 is 1.32. The van der Waals surface area contributed by atoms with Crippen molar-refractivity contribution < 1.29 is 18.3 Å². The summed E-state index contributed by atoms with van der Waals surface area (Å²) < 4.78 is 37.5. The third-order valence-corrected chi connectivity index (χ3v) is 4.29. The van der Waals surface area contributed by atoms with E-state index in [0.29, 0.717) is 17.0 Å². The Balaban J connectivity index is 2.33. The van der Waals surface area contributed by atoms with Crippen molar-refractivity contribution in [3.8, 4) is 10.6 Å². The molecule has 0 aliphatic rings. The van der Waals surface area contributed by atoms with E-state index in [9.17, 15) is 18.3 Å². The molecule has 20 heavy (non-hydrogen) atoms. The number of hydrogen-bond donors (Lipinski definition) is 1. The molecule has 2 nitrogen and oxygen atoms in total. The zero-order valence-corrected chi connectivity index (χ0v) is 11.8. The first-order chi connectivity index (χ1) is 9.32. The number of aliphatic hydroxyl groups is 1. The second kappa shape index (κ2) is 5.54. The number of benzene rings is 1. The van der Waals surface area contributed by atoms with Gasteiger partial charge in [0.1, 0.15) is 5.01 Å². The van der Waals surface area contributed by atoms with Gasteiger partial charge in [0.2, 0.25) is 0 Å². The zero-order valence-electron chi connectivity index (χ0n) is 11.0. The van der Waals surface area contributed by atoms with Gasteiger partial charge < -0.3 is 5.11 Å². The summed E-state index contributed by atoms with van der Waals surface area (Å²) in [5.74, 6) is 0. The maximum absolute atomic E-state index is 12.5. The van der Waals surface area contributed by atoms with E-state index in [2.05, 4.69) is 4.98 Å². The van der Waals surface area contributed by atoms with E-state index >= 15 is 0 Å². The molecule has 1 N–H and O–H groups in total. The highest BCUT2D eigenvalue weighted by atomic mass is 32.1. The molecule has 0 unspecified atom stereocenters. The molecule has 2 aromatic rings. The first-order valence-corrected chi connectivity index (χ1v) is 6.97. The lowest BCUT2D eigenvalue weighted by atomic mass is 10.1. The molecule has 1 aromatic heterocycles. The summed E-state index contributed by atoms with van der Waals surface area (Å²) in [6.45, 7) is 3.65. The number of halogens is 3. The average Bonchev–Trinajstić information content (AvgIpc) is 2.79. The van der Waals surface area contributed by atoms with Crippen molar-refractivity contribution in [1.82, 2.24) is 4.98 Å². The van der Waals surface area contributed by atoms with Gasteiger partial charge >= 0.3 is 6.18 Å². The molecular formula is C14H14F3NOS. The highest BCUT2D eigenvalue weighted by Crippen LogP contribution is 2.35. The molecule has 2 rings (SSSR count). The van der Waals surface area contributed by atoms with E-state index in [1.54, 1.807) is 6.92 Å². The van der Waals surface area contributed by atoms with Gasteiger partial charge in [-0.3, -0.25) is 0 Å². The normalized spacial score (nSPS) is 13.5. The molecule has 0 bridgehead atoms. The highest BCUT2D eigenvalue weighted by molar-refractivity contribution is 7.15. The van der Waals surface area contributed by atoms with E-state index < -0.39 is 17.8 Å². The van der Waals surface area contributed by atoms with E-state index in [-0.39, 0.29) is 0 Å². The van der Waals surface area contributed by atoms with Crippen LogP contribution in [0.4, 0.5) is 13.2 Å². The van der Waals surface area contributed by atoms with Crippen molar-refractivity contribution in [3.63, 3.8) is 0 Å². The summed E-state index contributed by atoms with van der Waals surface area (Å²) in [6, 6.07) is 4.90. The molecule has 0 saturated heterocycles. The molecule has 0 radical (unpaired) electrons. The van der Waals surface area contributed by atoms with Gasteiger partial charge in [0.15, 0.2) is 0 Å². The molecule has 0 amide bonds. The van der Waals surface area contributed by atoms with Crippen molar-refractivity contribution in [2.24, 2.45) is 0 Å². The fourth-order valence-electron chi connectivity index (χ4n) is 1.83. The Morgan fingerprint density at radius 2 is 1.85 bits per heavy atom. The van der Waals surface area contributed by atoms with E-state index in [1.165, 1.54) is 23.5 Å². The predicted octanol–water partition coefficient (Wildman–Crippen LogP) is 4.58. The molecule has 0 aliphatic carbocycles. The molecule has 108 valence electrons. The molecule has 0 fully saturated rings. The van der Waals surface area contributed by atoms with Gasteiger partial charge in [0, 0.05) is 5.56 Å². The van der Waals surface area contributed by atoms with Crippen LogP contribution in [0.2, 0.25) is 0 Å². The molecule has 6 heteroatoms. The minimum absolute atomic E-state index is 0.573. The number of thiazole rings is 1. The number of nitrogens with zero attached hydrogens (tertiary/aromatic N) is 1. The summed E-state index contributed by atoms with van der Waals surface area (Å²) in [5.41, 5.74) is 0.670. The summed E-state index contributed by atoms with van der Waals surface area (Å²) in [6.07, 6.45) is -4.33. The summed E-state index contributed by atoms with van der Waals surface area (Å²) in [4.78, 5) is 5.09. The Morgan fingerprint density at radius 1 is 1.25 bits per heavy atom. The third-order valence-electron chi connectivity index (χ3n) is 2.98. The second-order valence-corrected chi connectivity index (χ2v) is 5.50. The van der Waals surface area contributed by atoms with Crippen LogP contribution in [0.25, 0.3) is 10.6 Å². The van der Waals surface area contributed by atoms with Gasteiger partial charge in [-0.1, -0.05) is 19.1 Å². The van der Waals surface area contributed by atoms with Crippen LogP contribution in [0.5, 0.6) is 0 Å². The zero-order chi connectivity index (χ0) is 14.9. The van der Waals surface area contributed by atoms with E-state index in [0.717, 1.165) is 22.7 Å².